The van der Waals surface area contributed by atoms with Gasteiger partial charge in [0.25, 0.3) is 6.43 Å². The Morgan fingerprint density at radius 1 is 1.47 bits per heavy atom. The lowest BCUT2D eigenvalue weighted by Gasteiger charge is -2.16. The molecule has 10 heteroatoms. The molecule has 1 N–H and O–H groups in total. The average Bonchev–Trinajstić information content (AvgIpc) is 2.25. The Labute approximate surface area is 111 Å². The lowest BCUT2D eigenvalue weighted by molar-refractivity contribution is -0.275. The first kappa shape index (κ1) is 15.6. The van der Waals surface area contributed by atoms with Crippen LogP contribution in [0.2, 0.25) is 0 Å². The molecule has 0 saturated carbocycles. The number of halogens is 6. The SMILES string of the molecule is O=C(O)c1ncc(OC(F)(F)F)c(CBr)c1C(F)F. The van der Waals surface area contributed by atoms with E-state index in [9.17, 15) is 26.7 Å². The van der Waals surface area contributed by atoms with Crippen molar-refractivity contribution in [3.63, 3.8) is 0 Å². The summed E-state index contributed by atoms with van der Waals surface area (Å²) in [4.78, 5) is 13.8. The van der Waals surface area contributed by atoms with Crippen LogP contribution in [0.5, 0.6) is 5.75 Å². The fourth-order valence-electron chi connectivity index (χ4n) is 1.30. The molecule has 0 amide bonds. The molecule has 0 aliphatic carbocycles. The third-order valence-electron chi connectivity index (χ3n) is 1.97. The van der Waals surface area contributed by atoms with Crippen LogP contribution in [0.15, 0.2) is 6.20 Å². The monoisotopic (exact) mass is 349 g/mol. The summed E-state index contributed by atoms with van der Waals surface area (Å²) < 4.78 is 65.3. The molecule has 0 fully saturated rings. The summed E-state index contributed by atoms with van der Waals surface area (Å²) >= 11 is 2.72. The molecule has 19 heavy (non-hydrogen) atoms. The number of aromatic nitrogens is 1. The van der Waals surface area contributed by atoms with Gasteiger partial charge in [-0.25, -0.2) is 18.6 Å². The number of alkyl halides is 6. The number of aromatic carboxylic acids is 1. The van der Waals surface area contributed by atoms with E-state index in [0.29, 0.717) is 6.20 Å². The molecule has 0 saturated heterocycles. The van der Waals surface area contributed by atoms with Crippen LogP contribution < -0.4 is 4.74 Å². The smallest absolute Gasteiger partial charge is 0.476 e. The number of carboxylic acid groups (broad SMARTS) is 1. The fourth-order valence-corrected chi connectivity index (χ4v) is 1.88. The maximum atomic E-state index is 12.8. The Kier molecular flexibility index (Phi) is 4.66. The molecule has 1 aromatic heterocycles. The predicted molar refractivity (Wildman–Crippen MR) is 55.5 cm³/mol. The topological polar surface area (TPSA) is 59.4 Å². The number of carboxylic acids is 1. The van der Waals surface area contributed by atoms with Crippen molar-refractivity contribution in [2.75, 3.05) is 0 Å². The van der Waals surface area contributed by atoms with Gasteiger partial charge in [0, 0.05) is 10.9 Å². The van der Waals surface area contributed by atoms with E-state index in [4.69, 9.17) is 5.11 Å². The van der Waals surface area contributed by atoms with Crippen LogP contribution in [0.1, 0.15) is 28.0 Å². The second kappa shape index (κ2) is 5.68. The summed E-state index contributed by atoms with van der Waals surface area (Å²) in [6.45, 7) is 0. The molecule has 0 aliphatic rings. The van der Waals surface area contributed by atoms with Crippen LogP contribution in [-0.2, 0) is 5.33 Å². The first-order chi connectivity index (χ1) is 8.67. The zero-order valence-corrected chi connectivity index (χ0v) is 10.4. The number of pyridine rings is 1. The van der Waals surface area contributed by atoms with Gasteiger partial charge in [-0.15, -0.1) is 13.2 Å². The van der Waals surface area contributed by atoms with E-state index in [1.54, 1.807) is 0 Å². The van der Waals surface area contributed by atoms with Gasteiger partial charge in [-0.05, 0) is 0 Å². The second-order valence-corrected chi connectivity index (χ2v) is 3.71. The normalized spacial score (nSPS) is 11.7. The van der Waals surface area contributed by atoms with Crippen LogP contribution in [0.4, 0.5) is 22.0 Å². The van der Waals surface area contributed by atoms with Crippen molar-refractivity contribution < 1.29 is 36.6 Å². The Bertz CT molecular complexity index is 491. The van der Waals surface area contributed by atoms with Gasteiger partial charge in [-0.1, -0.05) is 15.9 Å². The van der Waals surface area contributed by atoms with Crippen LogP contribution >= 0.6 is 15.9 Å². The second-order valence-electron chi connectivity index (χ2n) is 3.15. The van der Waals surface area contributed by atoms with Crippen LogP contribution in [0.25, 0.3) is 0 Å². The van der Waals surface area contributed by atoms with Gasteiger partial charge in [0.2, 0.25) is 0 Å². The minimum atomic E-state index is -5.09. The van der Waals surface area contributed by atoms with Crippen LogP contribution in [0.3, 0.4) is 0 Å². The van der Waals surface area contributed by atoms with Crippen LogP contribution in [0, 0.1) is 0 Å². The molecular weight excluding hydrogens is 345 g/mol. The summed E-state index contributed by atoms with van der Waals surface area (Å²) in [5.41, 5.74) is -2.73. The molecule has 0 aromatic carbocycles. The molecule has 1 heterocycles. The van der Waals surface area contributed by atoms with E-state index < -0.39 is 46.7 Å². The van der Waals surface area contributed by atoms with E-state index >= 15 is 0 Å². The quantitative estimate of drug-likeness (QED) is 0.667. The predicted octanol–water partition coefficient (Wildman–Crippen LogP) is 3.51. The number of ether oxygens (including phenoxy) is 1. The van der Waals surface area contributed by atoms with Crippen LogP contribution in [-0.4, -0.2) is 22.4 Å². The van der Waals surface area contributed by atoms with Gasteiger partial charge in [0.1, 0.15) is 0 Å². The van der Waals surface area contributed by atoms with Crippen molar-refractivity contribution >= 4 is 21.9 Å². The first-order valence-corrected chi connectivity index (χ1v) is 5.64. The molecule has 0 bridgehead atoms. The lowest BCUT2D eigenvalue weighted by Crippen LogP contribution is -2.20. The highest BCUT2D eigenvalue weighted by molar-refractivity contribution is 9.08. The maximum absolute atomic E-state index is 12.8. The number of nitrogens with zero attached hydrogens (tertiary/aromatic N) is 1. The summed E-state index contributed by atoms with van der Waals surface area (Å²) in [7, 11) is 0. The summed E-state index contributed by atoms with van der Waals surface area (Å²) in [5.74, 6) is -2.74. The maximum Gasteiger partial charge on any atom is 0.573 e. The van der Waals surface area contributed by atoms with Gasteiger partial charge >= 0.3 is 12.3 Å². The van der Waals surface area contributed by atoms with Gasteiger partial charge in [-0.3, -0.25) is 0 Å². The first-order valence-electron chi connectivity index (χ1n) is 4.52. The molecule has 0 radical (unpaired) electrons. The number of hydrogen-bond donors (Lipinski definition) is 1. The molecule has 1 aromatic rings. The molecule has 0 aliphatic heterocycles. The molecule has 4 nitrogen and oxygen atoms in total. The van der Waals surface area contributed by atoms with Crippen molar-refractivity contribution in [3.8, 4) is 5.75 Å². The zero-order chi connectivity index (χ0) is 14.8. The van der Waals surface area contributed by atoms with Gasteiger partial charge in [-0.2, -0.15) is 0 Å². The van der Waals surface area contributed by atoms with Crippen molar-refractivity contribution in [3.05, 3.63) is 23.0 Å². The Morgan fingerprint density at radius 3 is 2.42 bits per heavy atom. The molecule has 0 unspecified atom stereocenters. The fraction of sp³-hybridized carbons (Fsp3) is 0.333. The molecule has 0 spiro atoms. The Morgan fingerprint density at radius 2 is 2.05 bits per heavy atom. The Hall–Kier alpha value is -1.45. The standard InChI is InChI=1S/C9H5BrF5NO3/c10-1-3-4(19-9(13,14)15)2-16-6(8(17)18)5(3)7(11)12/h2,7H,1H2,(H,17,18). The molecule has 1 rings (SSSR count). The van der Waals surface area contributed by atoms with Crippen molar-refractivity contribution in [2.45, 2.75) is 18.1 Å². The minimum Gasteiger partial charge on any atom is -0.476 e. The van der Waals surface area contributed by atoms with E-state index in [2.05, 4.69) is 25.7 Å². The summed E-state index contributed by atoms with van der Waals surface area (Å²) in [5, 5.41) is 8.24. The van der Waals surface area contributed by atoms with Crippen molar-refractivity contribution in [1.29, 1.82) is 0 Å². The highest BCUT2D eigenvalue weighted by Gasteiger charge is 2.34. The number of carbonyl (C=O) groups is 1. The molecule has 0 atom stereocenters. The zero-order valence-electron chi connectivity index (χ0n) is 8.84. The third kappa shape index (κ3) is 3.75. The largest absolute Gasteiger partial charge is 0.573 e. The molecular formula is C9H5BrF5NO3. The van der Waals surface area contributed by atoms with Crippen molar-refractivity contribution in [1.82, 2.24) is 4.98 Å². The molecule has 106 valence electrons. The van der Waals surface area contributed by atoms with Gasteiger partial charge in [0.15, 0.2) is 11.4 Å². The van der Waals surface area contributed by atoms with E-state index in [1.807, 2.05) is 0 Å². The highest BCUT2D eigenvalue weighted by atomic mass is 79.9. The summed E-state index contributed by atoms with van der Waals surface area (Å²) in [6.07, 6.45) is -7.95. The van der Waals surface area contributed by atoms with Gasteiger partial charge in [0.05, 0.1) is 11.8 Å². The third-order valence-corrected chi connectivity index (χ3v) is 2.53. The van der Waals surface area contributed by atoms with Gasteiger partial charge < -0.3 is 9.84 Å². The van der Waals surface area contributed by atoms with Crippen molar-refractivity contribution in [2.24, 2.45) is 0 Å². The van der Waals surface area contributed by atoms with E-state index in [0.717, 1.165) is 0 Å². The lowest BCUT2D eigenvalue weighted by atomic mass is 10.1. The summed E-state index contributed by atoms with van der Waals surface area (Å²) in [6, 6.07) is 0. The highest BCUT2D eigenvalue weighted by Crippen LogP contribution is 2.35. The average molecular weight is 350 g/mol. The van der Waals surface area contributed by atoms with E-state index in [1.165, 1.54) is 0 Å². The number of rotatable bonds is 4. The van der Waals surface area contributed by atoms with E-state index in [-0.39, 0.29) is 0 Å². The minimum absolute atomic E-state index is 0.444. The Balaban J connectivity index is 3.45. The number of hydrogen-bond acceptors (Lipinski definition) is 3.